The van der Waals surface area contributed by atoms with Crippen molar-refractivity contribution in [1.29, 1.82) is 0 Å². The maximum atomic E-state index is 12.9. The van der Waals surface area contributed by atoms with E-state index in [9.17, 15) is 28.9 Å². The van der Waals surface area contributed by atoms with Crippen molar-refractivity contribution in [2.75, 3.05) is 26.4 Å². The zero-order valence-corrected chi connectivity index (χ0v) is 46.0. The molecule has 0 aromatic carbocycles. The van der Waals surface area contributed by atoms with Gasteiger partial charge in [0.1, 0.15) is 12.7 Å². The van der Waals surface area contributed by atoms with Gasteiger partial charge in [0.2, 0.25) is 0 Å². The molecule has 3 atom stereocenters. The average molecular weight is 1030 g/mol. The second-order valence-corrected chi connectivity index (χ2v) is 19.5. The molecule has 0 rings (SSSR count). The number of esters is 3. The van der Waals surface area contributed by atoms with Crippen LogP contribution in [0, 0.1) is 0 Å². The molecule has 0 aliphatic heterocycles. The quantitative estimate of drug-likeness (QED) is 0.0197. The molecule has 12 heteroatoms. The monoisotopic (exact) mass is 1030 g/mol. The van der Waals surface area contributed by atoms with Crippen LogP contribution in [0.1, 0.15) is 213 Å². The molecular weight excluding hydrogens is 928 g/mol. The number of aliphatic hydroxyl groups is 1. The van der Waals surface area contributed by atoms with E-state index >= 15 is 0 Å². The largest absolute Gasteiger partial charge is 0.472 e. The van der Waals surface area contributed by atoms with Gasteiger partial charge in [-0.05, 0) is 109 Å². The summed E-state index contributed by atoms with van der Waals surface area (Å²) < 4.78 is 39.3. The van der Waals surface area contributed by atoms with E-state index in [1.807, 2.05) is 12.2 Å². The van der Waals surface area contributed by atoms with Crippen molar-refractivity contribution in [2.24, 2.45) is 0 Å². The third kappa shape index (κ3) is 51.1. The summed E-state index contributed by atoms with van der Waals surface area (Å²) in [5.74, 6) is -1.66. The van der Waals surface area contributed by atoms with E-state index < -0.39 is 64.4 Å². The minimum atomic E-state index is -4.78. The first-order valence-electron chi connectivity index (χ1n) is 27.8. The van der Waals surface area contributed by atoms with E-state index in [2.05, 4.69) is 112 Å². The van der Waals surface area contributed by atoms with Gasteiger partial charge >= 0.3 is 25.7 Å². The number of carbonyl (C=O) groups excluding carboxylic acids is 3. The van der Waals surface area contributed by atoms with Crippen molar-refractivity contribution in [1.82, 2.24) is 0 Å². The average Bonchev–Trinajstić information content (AvgIpc) is 3.37. The predicted molar refractivity (Wildman–Crippen MR) is 297 cm³/mol. The van der Waals surface area contributed by atoms with Gasteiger partial charge in [-0.2, -0.15) is 0 Å². The second kappa shape index (κ2) is 53.4. The van der Waals surface area contributed by atoms with Crippen LogP contribution in [0.2, 0.25) is 0 Å². The van der Waals surface area contributed by atoms with Gasteiger partial charge in [-0.15, -0.1) is 0 Å². The smallest absolute Gasteiger partial charge is 0.461 e. The minimum absolute atomic E-state index is 0.0144. The first-order chi connectivity index (χ1) is 35.2. The number of unbranched alkanes of at least 4 members (excludes halogenated alkanes) is 16. The Morgan fingerprint density at radius 3 is 1.18 bits per heavy atom. The van der Waals surface area contributed by atoms with Crippen molar-refractivity contribution in [3.8, 4) is 0 Å². The Morgan fingerprint density at radius 2 is 0.764 bits per heavy atom. The first kappa shape index (κ1) is 68.1. The van der Waals surface area contributed by atoms with E-state index in [0.29, 0.717) is 19.3 Å². The molecule has 0 saturated heterocycles. The zero-order chi connectivity index (χ0) is 52.7. The Morgan fingerprint density at radius 1 is 0.417 bits per heavy atom. The van der Waals surface area contributed by atoms with Crippen LogP contribution in [0.3, 0.4) is 0 Å². The number of rotatable bonds is 50. The van der Waals surface area contributed by atoms with Crippen LogP contribution in [0.5, 0.6) is 0 Å². The number of carbonyl (C=O) groups is 3. The summed E-state index contributed by atoms with van der Waals surface area (Å²) in [7, 11) is -4.78. The molecule has 0 saturated carbocycles. The molecule has 0 radical (unpaired) electrons. The van der Waals surface area contributed by atoms with E-state index in [0.717, 1.165) is 116 Å². The van der Waals surface area contributed by atoms with Crippen molar-refractivity contribution in [2.45, 2.75) is 226 Å². The molecule has 0 aliphatic rings. The molecule has 0 fully saturated rings. The fraction of sp³-hybridized carbons (Fsp3) is 0.650. The van der Waals surface area contributed by atoms with Gasteiger partial charge in [-0.1, -0.05) is 194 Å². The predicted octanol–water partition coefficient (Wildman–Crippen LogP) is 16.2. The van der Waals surface area contributed by atoms with E-state index in [1.54, 1.807) is 6.08 Å². The van der Waals surface area contributed by atoms with Crippen molar-refractivity contribution < 1.29 is 52.2 Å². The lowest BCUT2D eigenvalue weighted by molar-refractivity contribution is -0.161. The molecule has 0 amide bonds. The fourth-order valence-electron chi connectivity index (χ4n) is 6.96. The van der Waals surface area contributed by atoms with Crippen LogP contribution in [-0.4, -0.2) is 66.5 Å². The Labute approximate surface area is 437 Å². The molecule has 2 N–H and O–H groups in total. The number of phosphoric ester groups is 1. The third-order valence-electron chi connectivity index (χ3n) is 11.2. The van der Waals surface area contributed by atoms with Gasteiger partial charge in [0.05, 0.1) is 26.2 Å². The molecule has 0 aromatic rings. The Balaban J connectivity index is 4.87. The summed E-state index contributed by atoms with van der Waals surface area (Å²) in [6.07, 6.45) is 63.6. The molecule has 11 nitrogen and oxygen atoms in total. The SMILES string of the molecule is CC/C=C\C/C=C\C/C=C\C/C=C\C/C=C\CC(=O)OCC(COP(=O)(O)OCC(CO)OC(=O)CCCCCCC/C=C\C/C=C\CCCCC)OC(=O)CCCCCCC/C=C\C/C=C\CCCCC. The highest BCUT2D eigenvalue weighted by Gasteiger charge is 2.28. The lowest BCUT2D eigenvalue weighted by Crippen LogP contribution is -2.30. The number of ether oxygens (including phenoxy) is 3. The number of hydrogen-bond acceptors (Lipinski definition) is 10. The fourth-order valence-corrected chi connectivity index (χ4v) is 7.74. The van der Waals surface area contributed by atoms with E-state index in [1.165, 1.54) is 38.5 Å². The maximum Gasteiger partial charge on any atom is 0.472 e. The zero-order valence-electron chi connectivity index (χ0n) is 45.1. The van der Waals surface area contributed by atoms with E-state index in [-0.39, 0.29) is 19.3 Å². The lowest BCUT2D eigenvalue weighted by atomic mass is 10.1. The normalized spacial score (nSPS) is 14.2. The van der Waals surface area contributed by atoms with Crippen molar-refractivity contribution in [3.05, 3.63) is 109 Å². The minimum Gasteiger partial charge on any atom is -0.461 e. The maximum absolute atomic E-state index is 12.9. The number of allylic oxidation sites excluding steroid dienone is 17. The van der Waals surface area contributed by atoms with E-state index in [4.69, 9.17) is 23.3 Å². The van der Waals surface area contributed by atoms with Gasteiger partial charge in [0, 0.05) is 12.8 Å². The summed E-state index contributed by atoms with van der Waals surface area (Å²) >= 11 is 0. The highest BCUT2D eigenvalue weighted by atomic mass is 31.2. The van der Waals surface area contributed by atoms with Crippen LogP contribution in [0.15, 0.2) is 109 Å². The number of aliphatic hydroxyl groups excluding tert-OH is 1. The molecule has 0 aliphatic carbocycles. The van der Waals surface area contributed by atoms with Gasteiger partial charge < -0.3 is 24.2 Å². The summed E-state index contributed by atoms with van der Waals surface area (Å²) in [6.45, 7) is 4.32. The summed E-state index contributed by atoms with van der Waals surface area (Å²) in [6, 6.07) is 0. The van der Waals surface area contributed by atoms with Crippen LogP contribution in [0.25, 0.3) is 0 Å². The molecule has 0 heterocycles. The van der Waals surface area contributed by atoms with Gasteiger partial charge in [-0.3, -0.25) is 23.4 Å². The molecule has 0 aromatic heterocycles. The molecule has 72 heavy (non-hydrogen) atoms. The summed E-state index contributed by atoms with van der Waals surface area (Å²) in [4.78, 5) is 48.4. The Hall–Kier alpha value is -3.86. The molecule has 0 bridgehead atoms. The van der Waals surface area contributed by atoms with Crippen molar-refractivity contribution in [3.63, 3.8) is 0 Å². The standard InChI is InChI=1S/C60H99O11P/c1-4-7-10-13-16-19-22-25-28-31-34-37-40-43-46-49-58(62)67-53-57(71-60(64)51-48-45-42-39-36-33-30-27-24-21-18-15-12-9-6-3)55-69-72(65,66)68-54-56(52-61)70-59(63)50-47-44-41-38-35-32-29-26-23-20-17-14-11-8-5-2/h7,10,16-21,25-30,34,37,43,46,56-57,61H,4-6,8-9,11-15,22-24,31-33,35-36,38-42,44-45,47-55H2,1-3H3,(H,65,66)/b10-7-,19-16-,20-17-,21-18-,28-25-,29-26-,30-27-,37-34-,46-43-. The van der Waals surface area contributed by atoms with Crippen LogP contribution < -0.4 is 0 Å². The number of phosphoric acid groups is 1. The molecule has 3 unspecified atom stereocenters. The van der Waals surface area contributed by atoms with Crippen LogP contribution in [-0.2, 0) is 42.2 Å². The summed E-state index contributed by atoms with van der Waals surface area (Å²) in [5.41, 5.74) is 0. The number of hydrogen-bond donors (Lipinski definition) is 2. The van der Waals surface area contributed by atoms with Gasteiger partial charge in [0.25, 0.3) is 0 Å². The highest BCUT2D eigenvalue weighted by molar-refractivity contribution is 7.47. The molecule has 0 spiro atoms. The summed E-state index contributed by atoms with van der Waals surface area (Å²) in [5, 5.41) is 9.80. The van der Waals surface area contributed by atoms with Crippen LogP contribution in [0.4, 0.5) is 0 Å². The first-order valence-corrected chi connectivity index (χ1v) is 29.3. The van der Waals surface area contributed by atoms with Gasteiger partial charge in [0.15, 0.2) is 6.10 Å². The lowest BCUT2D eigenvalue weighted by Gasteiger charge is -2.21. The topological polar surface area (TPSA) is 155 Å². The Bertz CT molecular complexity index is 1620. The van der Waals surface area contributed by atoms with Crippen molar-refractivity contribution >= 4 is 25.7 Å². The third-order valence-corrected chi connectivity index (χ3v) is 12.1. The van der Waals surface area contributed by atoms with Gasteiger partial charge in [-0.25, -0.2) is 4.57 Å². The second-order valence-electron chi connectivity index (χ2n) is 18.0. The molecular formula is C60H99O11P. The highest BCUT2D eigenvalue weighted by Crippen LogP contribution is 2.43. The molecule has 410 valence electrons. The van der Waals surface area contributed by atoms with Crippen LogP contribution >= 0.6 is 7.82 Å². The Kier molecular flexibility index (Phi) is 50.6.